The van der Waals surface area contributed by atoms with Crippen LogP contribution in [0.4, 0.5) is 0 Å². The highest BCUT2D eigenvalue weighted by Crippen LogP contribution is 2.32. The minimum absolute atomic E-state index is 0.640. The molecule has 0 saturated heterocycles. The fraction of sp³-hybridized carbons (Fsp3) is 0.294. The maximum absolute atomic E-state index is 6.30. The lowest BCUT2D eigenvalue weighted by atomic mass is 10.1. The van der Waals surface area contributed by atoms with E-state index in [1.165, 1.54) is 5.56 Å². The zero-order valence-electron chi connectivity index (χ0n) is 12.2. The molecular formula is C17H20ClNO. The fourth-order valence-corrected chi connectivity index (χ4v) is 2.20. The Labute approximate surface area is 125 Å². The van der Waals surface area contributed by atoms with Crippen LogP contribution in [0.15, 0.2) is 36.4 Å². The van der Waals surface area contributed by atoms with E-state index in [-0.39, 0.29) is 0 Å². The summed E-state index contributed by atoms with van der Waals surface area (Å²) in [5.41, 5.74) is 3.51. The van der Waals surface area contributed by atoms with Crippen LogP contribution in [0.3, 0.4) is 0 Å². The van der Waals surface area contributed by atoms with Gasteiger partial charge in [0.1, 0.15) is 11.5 Å². The molecule has 3 heteroatoms. The average Bonchev–Trinajstić information content (AvgIpc) is 2.44. The summed E-state index contributed by atoms with van der Waals surface area (Å²) in [6.07, 6.45) is 0. The second kappa shape index (κ2) is 6.78. The Morgan fingerprint density at radius 1 is 1.10 bits per heavy atom. The summed E-state index contributed by atoms with van der Waals surface area (Å²) >= 11 is 6.30. The predicted molar refractivity (Wildman–Crippen MR) is 84.8 cm³/mol. The number of benzene rings is 2. The van der Waals surface area contributed by atoms with Crippen LogP contribution in [0.25, 0.3) is 0 Å². The molecule has 0 bridgehead atoms. The average molecular weight is 290 g/mol. The molecule has 0 spiro atoms. The van der Waals surface area contributed by atoms with E-state index in [0.29, 0.717) is 10.8 Å². The van der Waals surface area contributed by atoms with Crippen molar-refractivity contribution in [3.05, 3.63) is 58.1 Å². The van der Waals surface area contributed by atoms with Gasteiger partial charge in [0.05, 0.1) is 5.02 Å². The smallest absolute Gasteiger partial charge is 0.146 e. The van der Waals surface area contributed by atoms with Crippen LogP contribution < -0.4 is 10.1 Å². The van der Waals surface area contributed by atoms with Crippen molar-refractivity contribution in [1.82, 2.24) is 5.32 Å². The summed E-state index contributed by atoms with van der Waals surface area (Å²) in [6, 6.07) is 11.9. The van der Waals surface area contributed by atoms with E-state index in [4.69, 9.17) is 16.3 Å². The van der Waals surface area contributed by atoms with Gasteiger partial charge < -0.3 is 10.1 Å². The number of aryl methyl sites for hydroxylation is 1. The molecule has 0 aliphatic heterocycles. The largest absolute Gasteiger partial charge is 0.456 e. The monoisotopic (exact) mass is 289 g/mol. The first-order valence-electron chi connectivity index (χ1n) is 6.85. The van der Waals surface area contributed by atoms with Crippen molar-refractivity contribution in [2.75, 3.05) is 6.54 Å². The molecule has 2 nitrogen and oxygen atoms in total. The quantitative estimate of drug-likeness (QED) is 0.849. The summed E-state index contributed by atoms with van der Waals surface area (Å²) in [6.45, 7) is 7.97. The number of halogens is 1. The van der Waals surface area contributed by atoms with Crippen molar-refractivity contribution >= 4 is 11.6 Å². The molecule has 0 fully saturated rings. The molecule has 20 heavy (non-hydrogen) atoms. The highest BCUT2D eigenvalue weighted by Gasteiger charge is 2.07. The third kappa shape index (κ3) is 3.53. The van der Waals surface area contributed by atoms with Crippen LogP contribution in [0.1, 0.15) is 23.6 Å². The molecule has 0 heterocycles. The molecule has 2 rings (SSSR count). The lowest BCUT2D eigenvalue weighted by Gasteiger charge is -2.12. The van der Waals surface area contributed by atoms with Gasteiger partial charge in [-0.25, -0.2) is 0 Å². The van der Waals surface area contributed by atoms with Crippen molar-refractivity contribution < 1.29 is 4.74 Å². The topological polar surface area (TPSA) is 21.3 Å². The van der Waals surface area contributed by atoms with Crippen molar-refractivity contribution in [3.8, 4) is 11.5 Å². The van der Waals surface area contributed by atoms with Crippen LogP contribution in [0.2, 0.25) is 5.02 Å². The highest BCUT2D eigenvalue weighted by molar-refractivity contribution is 6.32. The SMILES string of the molecule is CCNCc1ccc(Oc2cccc(C)c2C)c(Cl)c1. The molecular weight excluding hydrogens is 270 g/mol. The highest BCUT2D eigenvalue weighted by atomic mass is 35.5. The molecule has 0 saturated carbocycles. The third-order valence-corrected chi connectivity index (χ3v) is 3.65. The first-order valence-corrected chi connectivity index (χ1v) is 7.23. The molecule has 1 N–H and O–H groups in total. The maximum atomic E-state index is 6.30. The van der Waals surface area contributed by atoms with Gasteiger partial charge in [-0.05, 0) is 55.3 Å². The van der Waals surface area contributed by atoms with Crippen molar-refractivity contribution in [1.29, 1.82) is 0 Å². The Hall–Kier alpha value is -1.51. The van der Waals surface area contributed by atoms with E-state index in [1.807, 2.05) is 30.3 Å². The molecule has 0 amide bonds. The Balaban J connectivity index is 2.19. The summed E-state index contributed by atoms with van der Waals surface area (Å²) in [4.78, 5) is 0. The molecule has 0 aliphatic rings. The normalized spacial score (nSPS) is 10.6. The molecule has 0 aliphatic carbocycles. The van der Waals surface area contributed by atoms with E-state index in [2.05, 4.69) is 32.2 Å². The summed E-state index contributed by atoms with van der Waals surface area (Å²) in [5.74, 6) is 1.55. The molecule has 0 atom stereocenters. The maximum Gasteiger partial charge on any atom is 0.146 e. The molecule has 0 aromatic heterocycles. The molecule has 2 aromatic rings. The zero-order valence-corrected chi connectivity index (χ0v) is 12.9. The summed E-state index contributed by atoms with van der Waals surface area (Å²) in [5, 5.41) is 3.92. The zero-order chi connectivity index (χ0) is 14.5. The molecule has 106 valence electrons. The fourth-order valence-electron chi connectivity index (χ4n) is 1.96. The van der Waals surface area contributed by atoms with Crippen LogP contribution >= 0.6 is 11.6 Å². The van der Waals surface area contributed by atoms with E-state index in [1.54, 1.807) is 0 Å². The van der Waals surface area contributed by atoms with Gasteiger partial charge in [0.25, 0.3) is 0 Å². The Morgan fingerprint density at radius 2 is 1.90 bits per heavy atom. The molecule has 2 aromatic carbocycles. The number of rotatable bonds is 5. The van der Waals surface area contributed by atoms with Gasteiger partial charge in [-0.2, -0.15) is 0 Å². The second-order valence-electron chi connectivity index (χ2n) is 4.85. The summed E-state index contributed by atoms with van der Waals surface area (Å²) < 4.78 is 5.93. The lowest BCUT2D eigenvalue weighted by molar-refractivity contribution is 0.478. The molecule has 0 radical (unpaired) electrons. The van der Waals surface area contributed by atoms with Gasteiger partial charge in [0.15, 0.2) is 0 Å². The first-order chi connectivity index (χ1) is 9.61. The van der Waals surface area contributed by atoms with Crippen LogP contribution in [-0.4, -0.2) is 6.54 Å². The lowest BCUT2D eigenvalue weighted by Crippen LogP contribution is -2.11. The van der Waals surface area contributed by atoms with Crippen LogP contribution in [0, 0.1) is 13.8 Å². The standard InChI is InChI=1S/C17H20ClNO/c1-4-19-11-14-8-9-17(15(18)10-14)20-16-7-5-6-12(2)13(16)3/h5-10,19H,4,11H2,1-3H3. The second-order valence-corrected chi connectivity index (χ2v) is 5.25. The summed E-state index contributed by atoms with van der Waals surface area (Å²) in [7, 11) is 0. The first kappa shape index (κ1) is 14.9. The Bertz CT molecular complexity index is 596. The predicted octanol–water partition coefficient (Wildman–Crippen LogP) is 4.86. The van der Waals surface area contributed by atoms with Crippen molar-refractivity contribution in [2.45, 2.75) is 27.3 Å². The van der Waals surface area contributed by atoms with Gasteiger partial charge in [-0.15, -0.1) is 0 Å². The van der Waals surface area contributed by atoms with Gasteiger partial charge in [0.2, 0.25) is 0 Å². The minimum Gasteiger partial charge on any atom is -0.456 e. The van der Waals surface area contributed by atoms with Gasteiger partial charge in [-0.1, -0.05) is 36.7 Å². The molecule has 0 unspecified atom stereocenters. The van der Waals surface area contributed by atoms with Crippen LogP contribution in [0.5, 0.6) is 11.5 Å². The minimum atomic E-state index is 0.640. The van der Waals surface area contributed by atoms with E-state index < -0.39 is 0 Å². The van der Waals surface area contributed by atoms with Gasteiger partial charge in [0, 0.05) is 6.54 Å². The Morgan fingerprint density at radius 3 is 2.60 bits per heavy atom. The van der Waals surface area contributed by atoms with Crippen molar-refractivity contribution in [2.24, 2.45) is 0 Å². The number of hydrogen-bond acceptors (Lipinski definition) is 2. The van der Waals surface area contributed by atoms with E-state index in [0.717, 1.165) is 30.0 Å². The van der Waals surface area contributed by atoms with E-state index in [9.17, 15) is 0 Å². The number of hydrogen-bond donors (Lipinski definition) is 1. The number of nitrogens with one attached hydrogen (secondary N) is 1. The van der Waals surface area contributed by atoms with E-state index >= 15 is 0 Å². The van der Waals surface area contributed by atoms with Crippen molar-refractivity contribution in [3.63, 3.8) is 0 Å². The third-order valence-electron chi connectivity index (χ3n) is 3.35. The van der Waals surface area contributed by atoms with Crippen LogP contribution in [-0.2, 0) is 6.54 Å². The van der Waals surface area contributed by atoms with Gasteiger partial charge >= 0.3 is 0 Å². The van der Waals surface area contributed by atoms with Gasteiger partial charge in [-0.3, -0.25) is 0 Å². The number of ether oxygens (including phenoxy) is 1. The Kier molecular flexibility index (Phi) is 5.05.